The SMILES string of the molecule is CCC(C)Oc1ccc(/C=C/c2ccc(O)c(OCCO)c2)cc1. The molecule has 2 aromatic rings. The standard InChI is InChI=1S/C20H24O4/c1-3-15(2)24-18-9-6-16(7-10-18)4-5-17-8-11-19(22)20(14-17)23-13-12-21/h4-11,14-15,21-22H,3,12-13H2,1-2H3/b5-4+. The van der Waals surface area contributed by atoms with Crippen molar-refractivity contribution in [3.63, 3.8) is 0 Å². The van der Waals surface area contributed by atoms with E-state index in [1.165, 1.54) is 0 Å². The minimum absolute atomic E-state index is 0.0622. The van der Waals surface area contributed by atoms with Gasteiger partial charge in [-0.2, -0.15) is 0 Å². The lowest BCUT2D eigenvalue weighted by molar-refractivity contribution is 0.197. The highest BCUT2D eigenvalue weighted by molar-refractivity contribution is 5.71. The van der Waals surface area contributed by atoms with E-state index in [1.807, 2.05) is 36.4 Å². The molecule has 0 saturated carbocycles. The molecule has 0 aromatic heterocycles. The Morgan fingerprint density at radius 2 is 1.71 bits per heavy atom. The van der Waals surface area contributed by atoms with Crippen LogP contribution in [0.15, 0.2) is 42.5 Å². The number of hydrogen-bond acceptors (Lipinski definition) is 4. The summed E-state index contributed by atoms with van der Waals surface area (Å²) in [6.45, 7) is 4.20. The molecule has 2 N–H and O–H groups in total. The number of aliphatic hydroxyl groups excluding tert-OH is 1. The molecule has 0 saturated heterocycles. The van der Waals surface area contributed by atoms with Crippen molar-refractivity contribution in [2.75, 3.05) is 13.2 Å². The van der Waals surface area contributed by atoms with Crippen LogP contribution in [0.5, 0.6) is 17.2 Å². The van der Waals surface area contributed by atoms with Crippen LogP contribution in [-0.2, 0) is 0 Å². The number of ether oxygens (including phenoxy) is 2. The molecule has 1 atom stereocenters. The number of aliphatic hydroxyl groups is 1. The van der Waals surface area contributed by atoms with Crippen LogP contribution < -0.4 is 9.47 Å². The van der Waals surface area contributed by atoms with Gasteiger partial charge >= 0.3 is 0 Å². The predicted octanol–water partition coefficient (Wildman–Crippen LogP) is 4.11. The Kier molecular flexibility index (Phi) is 6.70. The van der Waals surface area contributed by atoms with Gasteiger partial charge in [0.15, 0.2) is 11.5 Å². The number of aromatic hydroxyl groups is 1. The van der Waals surface area contributed by atoms with Crippen molar-refractivity contribution in [1.82, 2.24) is 0 Å². The Morgan fingerprint density at radius 1 is 1.04 bits per heavy atom. The normalized spacial score (nSPS) is 12.3. The maximum Gasteiger partial charge on any atom is 0.161 e. The zero-order valence-electron chi connectivity index (χ0n) is 14.1. The lowest BCUT2D eigenvalue weighted by Gasteiger charge is -2.12. The molecule has 0 aliphatic rings. The summed E-state index contributed by atoms with van der Waals surface area (Å²) in [5.41, 5.74) is 1.96. The summed E-state index contributed by atoms with van der Waals surface area (Å²) in [6.07, 6.45) is 5.11. The zero-order valence-corrected chi connectivity index (χ0v) is 14.1. The van der Waals surface area contributed by atoms with Gasteiger partial charge in [0.2, 0.25) is 0 Å². The van der Waals surface area contributed by atoms with Crippen LogP contribution in [0.1, 0.15) is 31.4 Å². The maximum absolute atomic E-state index is 9.72. The minimum Gasteiger partial charge on any atom is -0.504 e. The molecular weight excluding hydrogens is 304 g/mol. The quantitative estimate of drug-likeness (QED) is 0.716. The van der Waals surface area contributed by atoms with Gasteiger partial charge in [-0.1, -0.05) is 37.3 Å². The summed E-state index contributed by atoms with van der Waals surface area (Å²) in [5.74, 6) is 1.29. The Morgan fingerprint density at radius 3 is 2.38 bits per heavy atom. The topological polar surface area (TPSA) is 58.9 Å². The molecule has 0 bridgehead atoms. The molecule has 2 rings (SSSR count). The first-order valence-corrected chi connectivity index (χ1v) is 8.14. The summed E-state index contributed by atoms with van der Waals surface area (Å²) in [7, 11) is 0. The van der Waals surface area contributed by atoms with E-state index in [0.717, 1.165) is 23.3 Å². The smallest absolute Gasteiger partial charge is 0.161 e. The summed E-state index contributed by atoms with van der Waals surface area (Å²) in [6, 6.07) is 13.0. The fourth-order valence-corrected chi connectivity index (χ4v) is 2.07. The highest BCUT2D eigenvalue weighted by Crippen LogP contribution is 2.27. The van der Waals surface area contributed by atoms with Crippen LogP contribution >= 0.6 is 0 Å². The Balaban J connectivity index is 2.04. The minimum atomic E-state index is -0.0927. The van der Waals surface area contributed by atoms with Gasteiger partial charge in [0, 0.05) is 0 Å². The average molecular weight is 328 g/mol. The van der Waals surface area contributed by atoms with E-state index in [0.29, 0.717) is 5.75 Å². The Labute approximate surface area is 143 Å². The fourth-order valence-electron chi connectivity index (χ4n) is 2.07. The molecule has 0 fully saturated rings. The van der Waals surface area contributed by atoms with E-state index in [2.05, 4.69) is 13.8 Å². The van der Waals surface area contributed by atoms with Crippen LogP contribution in [0.25, 0.3) is 12.2 Å². The molecule has 0 amide bonds. The van der Waals surface area contributed by atoms with E-state index in [4.69, 9.17) is 14.6 Å². The number of rotatable bonds is 8. The fraction of sp³-hybridized carbons (Fsp3) is 0.300. The van der Waals surface area contributed by atoms with Gasteiger partial charge in [0.1, 0.15) is 12.4 Å². The van der Waals surface area contributed by atoms with E-state index >= 15 is 0 Å². The first kappa shape index (κ1) is 17.9. The van der Waals surface area contributed by atoms with Gasteiger partial charge in [-0.25, -0.2) is 0 Å². The molecule has 1 unspecified atom stereocenters. The van der Waals surface area contributed by atoms with Gasteiger partial charge in [-0.3, -0.25) is 0 Å². The van der Waals surface area contributed by atoms with E-state index in [-0.39, 0.29) is 25.1 Å². The van der Waals surface area contributed by atoms with Crippen LogP contribution in [0.4, 0.5) is 0 Å². The molecule has 2 aromatic carbocycles. The molecule has 24 heavy (non-hydrogen) atoms. The second-order valence-corrected chi connectivity index (χ2v) is 5.54. The van der Waals surface area contributed by atoms with E-state index in [1.54, 1.807) is 18.2 Å². The first-order chi connectivity index (χ1) is 11.6. The maximum atomic E-state index is 9.72. The van der Waals surface area contributed by atoms with Crippen molar-refractivity contribution in [3.05, 3.63) is 53.6 Å². The second kappa shape index (κ2) is 8.99. The Hall–Kier alpha value is -2.46. The third-order valence-electron chi connectivity index (χ3n) is 3.59. The summed E-state index contributed by atoms with van der Waals surface area (Å²) in [5, 5.41) is 18.5. The van der Waals surface area contributed by atoms with Crippen molar-refractivity contribution in [2.24, 2.45) is 0 Å². The van der Waals surface area contributed by atoms with Gasteiger partial charge in [-0.15, -0.1) is 0 Å². The highest BCUT2D eigenvalue weighted by Gasteiger charge is 2.03. The summed E-state index contributed by atoms with van der Waals surface area (Å²) < 4.78 is 11.1. The van der Waals surface area contributed by atoms with Gasteiger partial charge < -0.3 is 19.7 Å². The van der Waals surface area contributed by atoms with E-state index in [9.17, 15) is 5.11 Å². The molecule has 0 aliphatic heterocycles. The summed E-state index contributed by atoms with van der Waals surface area (Å²) >= 11 is 0. The predicted molar refractivity (Wildman–Crippen MR) is 96.4 cm³/mol. The van der Waals surface area contributed by atoms with Crippen molar-refractivity contribution in [1.29, 1.82) is 0 Å². The highest BCUT2D eigenvalue weighted by atomic mass is 16.5. The van der Waals surface area contributed by atoms with Crippen LogP contribution in [0.2, 0.25) is 0 Å². The largest absolute Gasteiger partial charge is 0.504 e. The molecule has 0 spiro atoms. The second-order valence-electron chi connectivity index (χ2n) is 5.54. The lowest BCUT2D eigenvalue weighted by Crippen LogP contribution is -2.09. The third-order valence-corrected chi connectivity index (χ3v) is 3.59. The molecule has 0 heterocycles. The van der Waals surface area contributed by atoms with Gasteiger partial charge in [-0.05, 0) is 48.7 Å². The lowest BCUT2D eigenvalue weighted by atomic mass is 10.1. The van der Waals surface area contributed by atoms with Crippen molar-refractivity contribution in [2.45, 2.75) is 26.4 Å². The first-order valence-electron chi connectivity index (χ1n) is 8.14. The van der Waals surface area contributed by atoms with E-state index < -0.39 is 0 Å². The number of phenolic OH excluding ortho intramolecular Hbond substituents is 1. The van der Waals surface area contributed by atoms with Gasteiger partial charge in [0.05, 0.1) is 12.7 Å². The number of phenols is 1. The molecule has 0 radical (unpaired) electrons. The number of hydrogen-bond donors (Lipinski definition) is 2. The zero-order chi connectivity index (χ0) is 17.4. The van der Waals surface area contributed by atoms with Crippen molar-refractivity contribution < 1.29 is 19.7 Å². The van der Waals surface area contributed by atoms with Crippen LogP contribution in [-0.4, -0.2) is 29.5 Å². The van der Waals surface area contributed by atoms with Gasteiger partial charge in [0.25, 0.3) is 0 Å². The molecule has 128 valence electrons. The van der Waals surface area contributed by atoms with Crippen molar-refractivity contribution >= 4 is 12.2 Å². The monoisotopic (exact) mass is 328 g/mol. The molecule has 4 heteroatoms. The molecule has 4 nitrogen and oxygen atoms in total. The van der Waals surface area contributed by atoms with Crippen molar-refractivity contribution in [3.8, 4) is 17.2 Å². The number of benzene rings is 2. The van der Waals surface area contributed by atoms with Crippen LogP contribution in [0.3, 0.4) is 0 Å². The Bertz CT molecular complexity index is 662. The van der Waals surface area contributed by atoms with Crippen LogP contribution in [0, 0.1) is 0 Å². The summed E-state index contributed by atoms with van der Waals surface area (Å²) in [4.78, 5) is 0. The molecular formula is C20H24O4. The average Bonchev–Trinajstić information content (AvgIpc) is 2.61. The third kappa shape index (κ3) is 5.32. The molecule has 0 aliphatic carbocycles.